The van der Waals surface area contributed by atoms with Gasteiger partial charge in [-0.3, -0.25) is 16.2 Å². The summed E-state index contributed by atoms with van der Waals surface area (Å²) in [6.45, 7) is 10.6. The Morgan fingerprint density at radius 2 is 2.00 bits per heavy atom. The lowest BCUT2D eigenvalue weighted by atomic mass is 9.93. The SMILES string of the molecule is C=CC(NN)C(C)(C)N1CCCC1. The molecule has 1 aliphatic heterocycles. The van der Waals surface area contributed by atoms with Crippen LogP contribution < -0.4 is 11.3 Å². The summed E-state index contributed by atoms with van der Waals surface area (Å²) in [6.07, 6.45) is 4.49. The van der Waals surface area contributed by atoms with E-state index in [1.54, 1.807) is 0 Å². The molecule has 0 radical (unpaired) electrons. The second kappa shape index (κ2) is 4.22. The monoisotopic (exact) mass is 183 g/mol. The summed E-state index contributed by atoms with van der Waals surface area (Å²) in [4.78, 5) is 2.47. The van der Waals surface area contributed by atoms with E-state index in [1.807, 2.05) is 6.08 Å². The molecule has 0 aromatic carbocycles. The number of hydrazine groups is 1. The lowest BCUT2D eigenvalue weighted by Crippen LogP contribution is -2.57. The Morgan fingerprint density at radius 1 is 1.46 bits per heavy atom. The molecule has 0 spiro atoms. The Hall–Kier alpha value is -0.380. The third-order valence-electron chi connectivity index (χ3n) is 3.10. The fraction of sp³-hybridized carbons (Fsp3) is 0.800. The van der Waals surface area contributed by atoms with Crippen LogP contribution in [0.1, 0.15) is 26.7 Å². The first kappa shape index (κ1) is 10.7. The molecule has 1 atom stereocenters. The molecule has 13 heavy (non-hydrogen) atoms. The summed E-state index contributed by atoms with van der Waals surface area (Å²) in [7, 11) is 0. The van der Waals surface area contributed by atoms with Gasteiger partial charge in [-0.2, -0.15) is 0 Å². The minimum atomic E-state index is 0.0764. The van der Waals surface area contributed by atoms with Crippen LogP contribution >= 0.6 is 0 Å². The molecule has 1 saturated heterocycles. The molecule has 1 heterocycles. The van der Waals surface area contributed by atoms with Crippen molar-refractivity contribution < 1.29 is 0 Å². The van der Waals surface area contributed by atoms with Gasteiger partial charge >= 0.3 is 0 Å². The van der Waals surface area contributed by atoms with Crippen LogP contribution in [0.3, 0.4) is 0 Å². The van der Waals surface area contributed by atoms with Crippen LogP contribution in [0.4, 0.5) is 0 Å². The second-order valence-corrected chi connectivity index (χ2v) is 4.23. The maximum absolute atomic E-state index is 5.49. The van der Waals surface area contributed by atoms with Crippen LogP contribution in [-0.4, -0.2) is 29.6 Å². The van der Waals surface area contributed by atoms with E-state index in [2.05, 4.69) is 30.8 Å². The standard InChI is InChI=1S/C10H21N3/c1-4-9(12-11)10(2,3)13-7-5-6-8-13/h4,9,12H,1,5-8,11H2,2-3H3. The topological polar surface area (TPSA) is 41.3 Å². The number of nitrogens with two attached hydrogens (primary N) is 1. The zero-order valence-electron chi connectivity index (χ0n) is 8.71. The molecule has 0 aliphatic carbocycles. The number of likely N-dealkylation sites (tertiary alicyclic amines) is 1. The number of nitrogens with one attached hydrogen (secondary N) is 1. The van der Waals surface area contributed by atoms with Crippen LogP contribution in [0, 0.1) is 0 Å². The van der Waals surface area contributed by atoms with E-state index in [0.717, 1.165) is 0 Å². The molecule has 0 bridgehead atoms. The first-order valence-electron chi connectivity index (χ1n) is 4.96. The molecule has 3 N–H and O–H groups in total. The lowest BCUT2D eigenvalue weighted by Gasteiger charge is -2.40. The molecule has 0 saturated carbocycles. The van der Waals surface area contributed by atoms with Crippen molar-refractivity contribution in [2.75, 3.05) is 13.1 Å². The Bertz CT molecular complexity index is 171. The van der Waals surface area contributed by atoms with Crippen molar-refractivity contribution >= 4 is 0 Å². The largest absolute Gasteiger partial charge is 0.296 e. The zero-order valence-corrected chi connectivity index (χ0v) is 8.71. The summed E-state index contributed by atoms with van der Waals surface area (Å²) in [6, 6.07) is 0.158. The summed E-state index contributed by atoms with van der Waals surface area (Å²) >= 11 is 0. The van der Waals surface area contributed by atoms with Gasteiger partial charge in [0.2, 0.25) is 0 Å². The highest BCUT2D eigenvalue weighted by atomic mass is 15.3. The minimum Gasteiger partial charge on any atom is -0.296 e. The Kier molecular flexibility index (Phi) is 3.47. The second-order valence-electron chi connectivity index (χ2n) is 4.23. The van der Waals surface area contributed by atoms with Gasteiger partial charge in [-0.25, -0.2) is 0 Å². The molecule has 3 heteroatoms. The number of rotatable bonds is 4. The summed E-state index contributed by atoms with van der Waals surface area (Å²) in [5, 5.41) is 0. The molecule has 1 unspecified atom stereocenters. The summed E-state index contributed by atoms with van der Waals surface area (Å²) in [5.74, 6) is 5.49. The third kappa shape index (κ3) is 2.10. The number of nitrogens with zero attached hydrogens (tertiary/aromatic N) is 1. The van der Waals surface area contributed by atoms with Crippen LogP contribution in [0.5, 0.6) is 0 Å². The van der Waals surface area contributed by atoms with E-state index < -0.39 is 0 Å². The summed E-state index contributed by atoms with van der Waals surface area (Å²) in [5.41, 5.74) is 2.89. The van der Waals surface area contributed by atoms with Crippen LogP contribution in [-0.2, 0) is 0 Å². The van der Waals surface area contributed by atoms with Gasteiger partial charge < -0.3 is 0 Å². The Labute approximate surface area is 80.9 Å². The Morgan fingerprint density at radius 3 is 2.38 bits per heavy atom. The predicted molar refractivity (Wildman–Crippen MR) is 56.2 cm³/mol. The van der Waals surface area contributed by atoms with Crippen LogP contribution in [0.25, 0.3) is 0 Å². The van der Waals surface area contributed by atoms with Crippen molar-refractivity contribution in [3.8, 4) is 0 Å². The van der Waals surface area contributed by atoms with Crippen molar-refractivity contribution in [1.29, 1.82) is 0 Å². The molecule has 0 amide bonds. The quantitative estimate of drug-likeness (QED) is 0.386. The van der Waals surface area contributed by atoms with E-state index in [9.17, 15) is 0 Å². The van der Waals surface area contributed by atoms with Gasteiger partial charge in [-0.05, 0) is 39.8 Å². The molecule has 1 aliphatic rings. The van der Waals surface area contributed by atoms with Gasteiger partial charge in [0.05, 0.1) is 6.04 Å². The highest BCUT2D eigenvalue weighted by Gasteiger charge is 2.34. The maximum Gasteiger partial charge on any atom is 0.0566 e. The first-order chi connectivity index (χ1) is 6.12. The molecule has 3 nitrogen and oxygen atoms in total. The van der Waals surface area contributed by atoms with Crippen LogP contribution in [0.15, 0.2) is 12.7 Å². The molecule has 1 rings (SSSR count). The molecular weight excluding hydrogens is 162 g/mol. The van der Waals surface area contributed by atoms with Crippen molar-refractivity contribution in [3.63, 3.8) is 0 Å². The van der Waals surface area contributed by atoms with Crippen molar-refractivity contribution in [1.82, 2.24) is 10.3 Å². The number of hydrogen-bond donors (Lipinski definition) is 2. The molecule has 0 aromatic rings. The highest BCUT2D eigenvalue weighted by molar-refractivity contribution is 5.02. The van der Waals surface area contributed by atoms with Crippen molar-refractivity contribution in [2.45, 2.75) is 38.3 Å². The molecular formula is C10H21N3. The molecule has 0 aromatic heterocycles. The third-order valence-corrected chi connectivity index (χ3v) is 3.10. The van der Waals surface area contributed by atoms with E-state index in [-0.39, 0.29) is 11.6 Å². The molecule has 1 fully saturated rings. The first-order valence-corrected chi connectivity index (χ1v) is 4.96. The predicted octanol–water partition coefficient (Wildman–Crippen LogP) is 0.879. The molecule has 76 valence electrons. The van der Waals surface area contributed by atoms with E-state index in [0.29, 0.717) is 0 Å². The number of hydrogen-bond acceptors (Lipinski definition) is 3. The average Bonchev–Trinajstić information content (AvgIpc) is 2.58. The highest BCUT2D eigenvalue weighted by Crippen LogP contribution is 2.24. The average molecular weight is 183 g/mol. The van der Waals surface area contributed by atoms with Gasteiger partial charge in [0.25, 0.3) is 0 Å². The van der Waals surface area contributed by atoms with E-state index >= 15 is 0 Å². The normalized spacial score (nSPS) is 21.8. The van der Waals surface area contributed by atoms with Gasteiger partial charge in [-0.1, -0.05) is 6.08 Å². The smallest absolute Gasteiger partial charge is 0.0566 e. The minimum absolute atomic E-state index is 0.0764. The van der Waals surface area contributed by atoms with Gasteiger partial charge in [0, 0.05) is 5.54 Å². The van der Waals surface area contributed by atoms with Gasteiger partial charge in [0.1, 0.15) is 0 Å². The fourth-order valence-electron chi connectivity index (χ4n) is 2.05. The fourth-order valence-corrected chi connectivity index (χ4v) is 2.05. The summed E-state index contributed by atoms with van der Waals surface area (Å²) < 4.78 is 0. The lowest BCUT2D eigenvalue weighted by molar-refractivity contribution is 0.125. The maximum atomic E-state index is 5.49. The van der Waals surface area contributed by atoms with Crippen molar-refractivity contribution in [2.24, 2.45) is 5.84 Å². The Balaban J connectivity index is 2.65. The van der Waals surface area contributed by atoms with Crippen LogP contribution in [0.2, 0.25) is 0 Å². The van der Waals surface area contributed by atoms with E-state index in [1.165, 1.54) is 25.9 Å². The van der Waals surface area contributed by atoms with E-state index in [4.69, 9.17) is 5.84 Å². The van der Waals surface area contributed by atoms with Crippen molar-refractivity contribution in [3.05, 3.63) is 12.7 Å². The van der Waals surface area contributed by atoms with Gasteiger partial charge in [0.15, 0.2) is 0 Å². The zero-order chi connectivity index (χ0) is 9.90. The van der Waals surface area contributed by atoms with Gasteiger partial charge in [-0.15, -0.1) is 6.58 Å².